The van der Waals surface area contributed by atoms with Gasteiger partial charge < -0.3 is 14.3 Å². The third-order valence-electron chi connectivity index (χ3n) is 5.72. The molecule has 1 aromatic carbocycles. The van der Waals surface area contributed by atoms with Crippen molar-refractivity contribution in [3.05, 3.63) is 87.4 Å². The van der Waals surface area contributed by atoms with E-state index in [0.717, 1.165) is 24.8 Å². The Balaban J connectivity index is 1.63. The van der Waals surface area contributed by atoms with E-state index >= 15 is 0 Å². The molecule has 0 amide bonds. The minimum absolute atomic E-state index is 0.0221. The SMILES string of the molecule is CC[C@@H]1C=C(CCc2coc(=O)c([C@@H](c3cccc(F)c3)C3CC3)c2O)C=CO1. The molecule has 5 heteroatoms. The molecular formula is C24H25FO4. The maximum atomic E-state index is 13.8. The van der Waals surface area contributed by atoms with Crippen LogP contribution >= 0.6 is 0 Å². The van der Waals surface area contributed by atoms with Crippen molar-refractivity contribution in [2.45, 2.75) is 51.0 Å². The summed E-state index contributed by atoms with van der Waals surface area (Å²) in [6, 6.07) is 6.26. The first-order valence-corrected chi connectivity index (χ1v) is 10.2. The van der Waals surface area contributed by atoms with Gasteiger partial charge in [-0.15, -0.1) is 0 Å². The van der Waals surface area contributed by atoms with Crippen LogP contribution in [0.2, 0.25) is 0 Å². The highest BCUT2D eigenvalue weighted by Crippen LogP contribution is 2.48. The Kier molecular flexibility index (Phi) is 5.56. The van der Waals surface area contributed by atoms with E-state index < -0.39 is 5.63 Å². The standard InChI is InChI=1S/C24H25FO4/c1-2-20-12-15(10-11-28-20)6-7-18-14-29-24(27)22(23(18)26)21(16-8-9-16)17-4-3-5-19(25)13-17/h3-5,10-14,16,20-21,26H,2,6-9H2,1H3/t20-,21-/m1/s1. The van der Waals surface area contributed by atoms with Crippen LogP contribution in [0.3, 0.4) is 0 Å². The number of benzene rings is 1. The van der Waals surface area contributed by atoms with Crippen molar-refractivity contribution in [1.29, 1.82) is 0 Å². The number of hydrogen-bond donors (Lipinski definition) is 1. The van der Waals surface area contributed by atoms with Crippen LogP contribution < -0.4 is 5.63 Å². The topological polar surface area (TPSA) is 59.7 Å². The van der Waals surface area contributed by atoms with E-state index in [0.29, 0.717) is 24.0 Å². The monoisotopic (exact) mass is 396 g/mol. The van der Waals surface area contributed by atoms with Gasteiger partial charge >= 0.3 is 5.63 Å². The third-order valence-corrected chi connectivity index (χ3v) is 5.72. The molecule has 4 nitrogen and oxygen atoms in total. The number of aromatic hydroxyl groups is 1. The Morgan fingerprint density at radius 1 is 1.28 bits per heavy atom. The van der Waals surface area contributed by atoms with Crippen molar-refractivity contribution in [2.75, 3.05) is 0 Å². The van der Waals surface area contributed by atoms with Gasteiger partial charge in [0, 0.05) is 11.5 Å². The van der Waals surface area contributed by atoms with Crippen molar-refractivity contribution in [3.63, 3.8) is 0 Å². The van der Waals surface area contributed by atoms with E-state index in [9.17, 15) is 14.3 Å². The number of rotatable bonds is 7. The molecule has 2 aliphatic rings. The molecule has 1 aromatic heterocycles. The summed E-state index contributed by atoms with van der Waals surface area (Å²) >= 11 is 0. The van der Waals surface area contributed by atoms with Gasteiger partial charge in [-0.3, -0.25) is 0 Å². The average molecular weight is 396 g/mol. The molecular weight excluding hydrogens is 371 g/mol. The summed E-state index contributed by atoms with van der Waals surface area (Å²) in [5, 5.41) is 11.0. The van der Waals surface area contributed by atoms with E-state index in [-0.39, 0.29) is 35.1 Å². The van der Waals surface area contributed by atoms with Crippen LogP contribution in [-0.4, -0.2) is 11.2 Å². The summed E-state index contributed by atoms with van der Waals surface area (Å²) in [6.07, 6.45) is 11.1. The van der Waals surface area contributed by atoms with Gasteiger partial charge in [-0.1, -0.05) is 19.1 Å². The van der Waals surface area contributed by atoms with E-state index in [2.05, 4.69) is 13.0 Å². The lowest BCUT2D eigenvalue weighted by atomic mass is 9.86. The number of allylic oxidation sites excluding steroid dienone is 2. The molecule has 0 bridgehead atoms. The Morgan fingerprint density at radius 2 is 2.10 bits per heavy atom. The number of halogens is 1. The zero-order chi connectivity index (χ0) is 20.4. The van der Waals surface area contributed by atoms with Crippen molar-refractivity contribution >= 4 is 0 Å². The molecule has 1 aliphatic carbocycles. The predicted octanol–water partition coefficient (Wildman–Crippen LogP) is 5.21. The van der Waals surface area contributed by atoms with Gasteiger partial charge in [0.05, 0.1) is 11.8 Å². The first kappa shape index (κ1) is 19.5. The second-order valence-corrected chi connectivity index (χ2v) is 7.81. The molecule has 1 N–H and O–H groups in total. The summed E-state index contributed by atoms with van der Waals surface area (Å²) in [5.41, 5.74) is 2.12. The maximum absolute atomic E-state index is 13.8. The Bertz CT molecular complexity index is 1000. The third kappa shape index (κ3) is 4.29. The molecule has 1 fully saturated rings. The Morgan fingerprint density at radius 3 is 2.83 bits per heavy atom. The molecule has 0 radical (unpaired) electrons. The fraction of sp³-hybridized carbons (Fsp3) is 0.375. The highest BCUT2D eigenvalue weighted by atomic mass is 19.1. The van der Waals surface area contributed by atoms with Crippen molar-refractivity contribution in [1.82, 2.24) is 0 Å². The van der Waals surface area contributed by atoms with Gasteiger partial charge in [0.25, 0.3) is 0 Å². The highest BCUT2D eigenvalue weighted by molar-refractivity contribution is 5.45. The molecule has 2 aromatic rings. The molecule has 152 valence electrons. The van der Waals surface area contributed by atoms with Gasteiger partial charge in [0.15, 0.2) is 0 Å². The largest absolute Gasteiger partial charge is 0.507 e. The molecule has 0 spiro atoms. The molecule has 2 heterocycles. The zero-order valence-corrected chi connectivity index (χ0v) is 16.4. The van der Waals surface area contributed by atoms with Crippen LogP contribution in [0.1, 0.15) is 55.2 Å². The van der Waals surface area contributed by atoms with Crippen molar-refractivity contribution < 1.29 is 18.7 Å². The molecule has 1 aliphatic heterocycles. The van der Waals surface area contributed by atoms with Crippen molar-refractivity contribution in [3.8, 4) is 5.75 Å². The lowest BCUT2D eigenvalue weighted by molar-refractivity contribution is 0.177. The quantitative estimate of drug-likeness (QED) is 0.698. The van der Waals surface area contributed by atoms with E-state index in [4.69, 9.17) is 9.15 Å². The minimum Gasteiger partial charge on any atom is -0.507 e. The molecule has 4 rings (SSSR count). The summed E-state index contributed by atoms with van der Waals surface area (Å²) in [5.74, 6) is -0.510. The van der Waals surface area contributed by atoms with Gasteiger partial charge in [-0.25, -0.2) is 9.18 Å². The lowest BCUT2D eigenvalue weighted by Gasteiger charge is -2.19. The fourth-order valence-corrected chi connectivity index (χ4v) is 3.99. The summed E-state index contributed by atoms with van der Waals surface area (Å²) < 4.78 is 24.6. The second-order valence-electron chi connectivity index (χ2n) is 7.81. The van der Waals surface area contributed by atoms with Crippen LogP contribution in [-0.2, 0) is 11.2 Å². The second kappa shape index (κ2) is 8.27. The summed E-state index contributed by atoms with van der Waals surface area (Å²) in [7, 11) is 0. The van der Waals surface area contributed by atoms with E-state index in [1.165, 1.54) is 18.4 Å². The lowest BCUT2D eigenvalue weighted by Crippen LogP contribution is -2.17. The van der Waals surface area contributed by atoms with Gasteiger partial charge in [-0.2, -0.15) is 0 Å². The molecule has 0 saturated heterocycles. The summed E-state index contributed by atoms with van der Waals surface area (Å²) in [4.78, 5) is 12.6. The predicted molar refractivity (Wildman–Crippen MR) is 108 cm³/mol. The zero-order valence-electron chi connectivity index (χ0n) is 16.4. The van der Waals surface area contributed by atoms with Crippen molar-refractivity contribution in [2.24, 2.45) is 5.92 Å². The molecule has 1 saturated carbocycles. The van der Waals surface area contributed by atoms with Crippen LogP contribution in [0.5, 0.6) is 5.75 Å². The van der Waals surface area contributed by atoms with Crippen LogP contribution in [0.25, 0.3) is 0 Å². The average Bonchev–Trinajstić information content (AvgIpc) is 3.55. The van der Waals surface area contributed by atoms with Gasteiger partial charge in [0.1, 0.15) is 23.9 Å². The first-order valence-electron chi connectivity index (χ1n) is 10.2. The smallest absolute Gasteiger partial charge is 0.343 e. The first-order chi connectivity index (χ1) is 14.1. The van der Waals surface area contributed by atoms with E-state index in [1.54, 1.807) is 18.4 Å². The maximum Gasteiger partial charge on any atom is 0.343 e. The fourth-order valence-electron chi connectivity index (χ4n) is 3.99. The summed E-state index contributed by atoms with van der Waals surface area (Å²) in [6.45, 7) is 2.06. The molecule has 29 heavy (non-hydrogen) atoms. The number of hydrogen-bond acceptors (Lipinski definition) is 4. The number of ether oxygens (including phenoxy) is 1. The highest BCUT2D eigenvalue weighted by Gasteiger charge is 2.37. The van der Waals surface area contributed by atoms with Crippen LogP contribution in [0, 0.1) is 11.7 Å². The van der Waals surface area contributed by atoms with E-state index in [1.807, 2.05) is 6.08 Å². The molecule has 2 atom stereocenters. The number of aryl methyl sites for hydroxylation is 1. The van der Waals surface area contributed by atoms with Gasteiger partial charge in [-0.05, 0) is 73.4 Å². The van der Waals surface area contributed by atoms with Crippen LogP contribution in [0.15, 0.2) is 63.7 Å². The normalized spacial score (nSPS) is 19.5. The van der Waals surface area contributed by atoms with Crippen LogP contribution in [0.4, 0.5) is 4.39 Å². The Hall–Kier alpha value is -2.82. The Labute approximate surface area is 169 Å². The van der Waals surface area contributed by atoms with Gasteiger partial charge in [0.2, 0.25) is 0 Å². The minimum atomic E-state index is -0.552. The molecule has 0 unspecified atom stereocenters.